The van der Waals surface area contributed by atoms with Crippen LogP contribution in [0.25, 0.3) is 0 Å². The van der Waals surface area contributed by atoms with E-state index in [4.69, 9.17) is 5.73 Å². The summed E-state index contributed by atoms with van der Waals surface area (Å²) < 4.78 is 2.18. The summed E-state index contributed by atoms with van der Waals surface area (Å²) in [5.74, 6) is 1.06. The molecule has 19 heavy (non-hydrogen) atoms. The number of hydrogen-bond donors (Lipinski definition) is 1. The maximum Gasteiger partial charge on any atom is 0.105 e. The van der Waals surface area contributed by atoms with Crippen LogP contribution < -0.4 is 10.6 Å². The van der Waals surface area contributed by atoms with Crippen LogP contribution in [0.5, 0.6) is 0 Å². The van der Waals surface area contributed by atoms with Crippen molar-refractivity contribution < 1.29 is 0 Å². The number of nitrogens with zero attached hydrogens (tertiary/aromatic N) is 3. The fourth-order valence-electron chi connectivity index (χ4n) is 2.16. The Morgan fingerprint density at radius 2 is 2.00 bits per heavy atom. The first-order valence-corrected chi connectivity index (χ1v) is 6.79. The predicted molar refractivity (Wildman–Crippen MR) is 79.3 cm³/mol. The van der Waals surface area contributed by atoms with Crippen LogP contribution in [0.4, 0.5) is 5.69 Å². The van der Waals surface area contributed by atoms with Crippen LogP contribution in [-0.4, -0.2) is 29.2 Å². The quantitative estimate of drug-likeness (QED) is 0.827. The van der Waals surface area contributed by atoms with Crippen molar-refractivity contribution in [1.82, 2.24) is 9.55 Å². The lowest BCUT2D eigenvalue weighted by molar-refractivity contribution is 0.629. The summed E-state index contributed by atoms with van der Waals surface area (Å²) >= 11 is 0. The lowest BCUT2D eigenvalue weighted by Gasteiger charge is -2.25. The van der Waals surface area contributed by atoms with E-state index in [9.17, 15) is 0 Å². The van der Waals surface area contributed by atoms with E-state index in [1.165, 1.54) is 5.69 Å². The van der Waals surface area contributed by atoms with Gasteiger partial charge >= 0.3 is 0 Å². The molecule has 0 aliphatic heterocycles. The van der Waals surface area contributed by atoms with Gasteiger partial charge in [-0.05, 0) is 32.0 Å². The molecule has 0 aliphatic rings. The van der Waals surface area contributed by atoms with E-state index in [2.05, 4.69) is 38.7 Å². The number of nitrogens with two attached hydrogens (primary N) is 1. The molecule has 0 amide bonds. The van der Waals surface area contributed by atoms with Crippen molar-refractivity contribution in [3.8, 4) is 0 Å². The van der Waals surface area contributed by atoms with Gasteiger partial charge in [0.15, 0.2) is 0 Å². The number of para-hydroxylation sites is 1. The van der Waals surface area contributed by atoms with Crippen molar-refractivity contribution in [2.75, 3.05) is 24.5 Å². The zero-order valence-corrected chi connectivity index (χ0v) is 11.5. The SMILES string of the molecule is Cc1nccn1CCN(CCCN)c1ccccc1. The molecule has 0 fully saturated rings. The Morgan fingerprint density at radius 3 is 2.63 bits per heavy atom. The fourth-order valence-corrected chi connectivity index (χ4v) is 2.16. The molecule has 4 nitrogen and oxygen atoms in total. The first-order valence-electron chi connectivity index (χ1n) is 6.79. The second-order valence-corrected chi connectivity index (χ2v) is 4.63. The van der Waals surface area contributed by atoms with Gasteiger partial charge < -0.3 is 15.2 Å². The van der Waals surface area contributed by atoms with Crippen molar-refractivity contribution in [3.63, 3.8) is 0 Å². The van der Waals surface area contributed by atoms with Crippen LogP contribution in [0.15, 0.2) is 42.7 Å². The molecule has 102 valence electrons. The highest BCUT2D eigenvalue weighted by Gasteiger charge is 2.06. The summed E-state index contributed by atoms with van der Waals surface area (Å²) in [4.78, 5) is 6.64. The molecule has 4 heteroatoms. The van der Waals surface area contributed by atoms with Crippen LogP contribution in [-0.2, 0) is 6.54 Å². The third-order valence-electron chi connectivity index (χ3n) is 3.29. The fraction of sp³-hybridized carbons (Fsp3) is 0.400. The Morgan fingerprint density at radius 1 is 1.21 bits per heavy atom. The number of benzene rings is 1. The molecule has 2 rings (SSSR count). The molecular weight excluding hydrogens is 236 g/mol. The van der Waals surface area contributed by atoms with Gasteiger partial charge in [0, 0.05) is 37.7 Å². The van der Waals surface area contributed by atoms with Gasteiger partial charge in [0.2, 0.25) is 0 Å². The standard InChI is InChI=1S/C15H22N4/c1-14-17-9-11-18(14)12-13-19(10-5-8-16)15-6-3-2-4-7-15/h2-4,6-7,9,11H,5,8,10,12-13,16H2,1H3. The van der Waals surface area contributed by atoms with Crippen LogP contribution in [0.1, 0.15) is 12.2 Å². The number of hydrogen-bond acceptors (Lipinski definition) is 3. The van der Waals surface area contributed by atoms with Gasteiger partial charge in [0.25, 0.3) is 0 Å². The number of aryl methyl sites for hydroxylation is 1. The second-order valence-electron chi connectivity index (χ2n) is 4.63. The molecular formula is C15H22N4. The third-order valence-corrected chi connectivity index (χ3v) is 3.29. The highest BCUT2D eigenvalue weighted by atomic mass is 15.2. The first kappa shape index (κ1) is 13.6. The van der Waals surface area contributed by atoms with Crippen molar-refractivity contribution in [3.05, 3.63) is 48.5 Å². The number of imidazole rings is 1. The summed E-state index contributed by atoms with van der Waals surface area (Å²) in [6.45, 7) is 5.68. The molecule has 0 saturated heterocycles. The predicted octanol–water partition coefficient (Wildman–Crippen LogP) is 2.05. The van der Waals surface area contributed by atoms with E-state index in [-0.39, 0.29) is 0 Å². The highest BCUT2D eigenvalue weighted by Crippen LogP contribution is 2.13. The van der Waals surface area contributed by atoms with Crippen molar-refractivity contribution in [2.45, 2.75) is 19.9 Å². The van der Waals surface area contributed by atoms with E-state index < -0.39 is 0 Å². The molecule has 0 spiro atoms. The second kappa shape index (κ2) is 6.95. The summed E-state index contributed by atoms with van der Waals surface area (Å²) in [5, 5.41) is 0. The zero-order valence-electron chi connectivity index (χ0n) is 11.5. The minimum Gasteiger partial charge on any atom is -0.370 e. The summed E-state index contributed by atoms with van der Waals surface area (Å²) in [6, 6.07) is 10.5. The number of anilines is 1. The Kier molecular flexibility index (Phi) is 4.98. The van der Waals surface area contributed by atoms with Crippen LogP contribution >= 0.6 is 0 Å². The van der Waals surface area contributed by atoms with Crippen LogP contribution in [0.2, 0.25) is 0 Å². The van der Waals surface area contributed by atoms with Gasteiger partial charge in [0.05, 0.1) is 0 Å². The molecule has 1 aromatic heterocycles. The largest absolute Gasteiger partial charge is 0.370 e. The van der Waals surface area contributed by atoms with Crippen molar-refractivity contribution in [1.29, 1.82) is 0 Å². The van der Waals surface area contributed by atoms with Gasteiger partial charge in [-0.1, -0.05) is 18.2 Å². The maximum atomic E-state index is 5.63. The van der Waals surface area contributed by atoms with E-state index in [0.29, 0.717) is 0 Å². The Hall–Kier alpha value is -1.81. The Labute approximate surface area is 114 Å². The molecule has 0 saturated carbocycles. The topological polar surface area (TPSA) is 47.1 Å². The van der Waals surface area contributed by atoms with E-state index in [1.54, 1.807) is 0 Å². The van der Waals surface area contributed by atoms with Gasteiger partial charge in [-0.25, -0.2) is 4.98 Å². The molecule has 0 atom stereocenters. The minimum atomic E-state index is 0.730. The highest BCUT2D eigenvalue weighted by molar-refractivity contribution is 5.45. The number of aromatic nitrogens is 2. The lowest BCUT2D eigenvalue weighted by atomic mass is 10.2. The molecule has 0 unspecified atom stereocenters. The van der Waals surface area contributed by atoms with E-state index in [0.717, 1.165) is 38.4 Å². The lowest BCUT2D eigenvalue weighted by Crippen LogP contribution is -2.29. The third kappa shape index (κ3) is 3.83. The monoisotopic (exact) mass is 258 g/mol. The van der Waals surface area contributed by atoms with Gasteiger partial charge in [-0.2, -0.15) is 0 Å². The maximum absolute atomic E-state index is 5.63. The number of rotatable bonds is 7. The van der Waals surface area contributed by atoms with Crippen LogP contribution in [0, 0.1) is 6.92 Å². The molecule has 0 radical (unpaired) electrons. The smallest absolute Gasteiger partial charge is 0.105 e. The van der Waals surface area contributed by atoms with Gasteiger partial charge in [-0.15, -0.1) is 0 Å². The zero-order chi connectivity index (χ0) is 13.5. The van der Waals surface area contributed by atoms with Gasteiger partial charge in [-0.3, -0.25) is 0 Å². The molecule has 1 aromatic carbocycles. The van der Waals surface area contributed by atoms with E-state index in [1.807, 2.05) is 25.4 Å². The molecule has 2 N–H and O–H groups in total. The van der Waals surface area contributed by atoms with Crippen LogP contribution in [0.3, 0.4) is 0 Å². The molecule has 0 bridgehead atoms. The average Bonchev–Trinajstić information content (AvgIpc) is 2.85. The normalized spacial score (nSPS) is 10.6. The average molecular weight is 258 g/mol. The summed E-state index contributed by atoms with van der Waals surface area (Å²) in [6.07, 6.45) is 4.89. The summed E-state index contributed by atoms with van der Waals surface area (Å²) in [5.41, 5.74) is 6.89. The molecule has 2 aromatic rings. The Bertz CT molecular complexity index is 478. The molecule has 1 heterocycles. The molecule has 0 aliphatic carbocycles. The van der Waals surface area contributed by atoms with Crippen molar-refractivity contribution in [2.24, 2.45) is 5.73 Å². The summed E-state index contributed by atoms with van der Waals surface area (Å²) in [7, 11) is 0. The van der Waals surface area contributed by atoms with Gasteiger partial charge in [0.1, 0.15) is 5.82 Å². The minimum absolute atomic E-state index is 0.730. The Balaban J connectivity index is 2.00. The first-order chi connectivity index (χ1) is 9.31. The van der Waals surface area contributed by atoms with Crippen molar-refractivity contribution >= 4 is 5.69 Å². The van der Waals surface area contributed by atoms with E-state index >= 15 is 0 Å².